The lowest BCUT2D eigenvalue weighted by Crippen LogP contribution is -2.57. The maximum Gasteiger partial charge on any atom is 0.331 e. The van der Waals surface area contributed by atoms with Gasteiger partial charge in [0.25, 0.3) is 5.56 Å². The van der Waals surface area contributed by atoms with E-state index < -0.39 is 0 Å². The Bertz CT molecular complexity index is 1620. The first-order valence-electron chi connectivity index (χ1n) is 15.3. The number of aromatic nitrogens is 2. The molecular weight excluding hydrogens is 531 g/mol. The Morgan fingerprint density at radius 1 is 1.12 bits per heavy atom. The van der Waals surface area contributed by atoms with Crippen molar-refractivity contribution in [1.82, 2.24) is 19.4 Å². The molecule has 9 heteroatoms. The highest BCUT2D eigenvalue weighted by Gasteiger charge is 2.56. The van der Waals surface area contributed by atoms with Gasteiger partial charge in [-0.1, -0.05) is 32.9 Å². The molecule has 2 bridgehead atoms. The zero-order chi connectivity index (χ0) is 29.8. The fourth-order valence-corrected chi connectivity index (χ4v) is 7.57. The van der Waals surface area contributed by atoms with Crippen LogP contribution in [0.4, 0.5) is 10.1 Å². The molecule has 42 heavy (non-hydrogen) atoms. The van der Waals surface area contributed by atoms with Crippen molar-refractivity contribution in [1.29, 1.82) is 0 Å². The largest absolute Gasteiger partial charge is 0.340 e. The smallest absolute Gasteiger partial charge is 0.331 e. The van der Waals surface area contributed by atoms with E-state index in [0.717, 1.165) is 49.2 Å². The van der Waals surface area contributed by atoms with Gasteiger partial charge in [0.2, 0.25) is 0 Å². The summed E-state index contributed by atoms with van der Waals surface area (Å²) in [5, 5.41) is 7.61. The number of guanidine groups is 1. The summed E-state index contributed by atoms with van der Waals surface area (Å²) in [7, 11) is 1.70. The van der Waals surface area contributed by atoms with Gasteiger partial charge < -0.3 is 15.5 Å². The first-order valence-corrected chi connectivity index (χ1v) is 15.3. The van der Waals surface area contributed by atoms with Gasteiger partial charge in [-0.15, -0.1) is 0 Å². The molecule has 0 radical (unpaired) electrons. The van der Waals surface area contributed by atoms with E-state index in [1.807, 2.05) is 12.1 Å². The monoisotopic (exact) mass is 574 g/mol. The van der Waals surface area contributed by atoms with Crippen molar-refractivity contribution in [3.8, 4) is 0 Å². The summed E-state index contributed by atoms with van der Waals surface area (Å²) in [6, 6.07) is 12.4. The summed E-state index contributed by atoms with van der Waals surface area (Å²) in [4.78, 5) is 34.4. The van der Waals surface area contributed by atoms with Crippen molar-refractivity contribution >= 4 is 22.5 Å². The van der Waals surface area contributed by atoms with Crippen LogP contribution in [-0.4, -0.2) is 51.7 Å². The van der Waals surface area contributed by atoms with E-state index >= 15 is 0 Å². The highest BCUT2D eigenvalue weighted by Crippen LogP contribution is 2.61. The molecular formula is C33H43FN6O2. The minimum absolute atomic E-state index is 0.226. The van der Waals surface area contributed by atoms with E-state index in [1.54, 1.807) is 25.2 Å². The summed E-state index contributed by atoms with van der Waals surface area (Å²) in [6.07, 6.45) is 2.89. The first-order chi connectivity index (χ1) is 20.0. The van der Waals surface area contributed by atoms with E-state index in [1.165, 1.54) is 27.7 Å². The molecule has 4 fully saturated rings. The quantitative estimate of drug-likeness (QED) is 0.352. The number of rotatable bonds is 5. The Morgan fingerprint density at radius 2 is 1.88 bits per heavy atom. The van der Waals surface area contributed by atoms with Gasteiger partial charge in [0.15, 0.2) is 5.96 Å². The van der Waals surface area contributed by atoms with Gasteiger partial charge in [-0.3, -0.25) is 13.9 Å². The Morgan fingerprint density at radius 3 is 2.57 bits per heavy atom. The number of anilines is 1. The molecule has 3 saturated carbocycles. The second-order valence-corrected chi connectivity index (χ2v) is 13.3. The molecule has 5 atom stereocenters. The first kappa shape index (κ1) is 28.6. The van der Waals surface area contributed by atoms with E-state index in [-0.39, 0.29) is 29.7 Å². The maximum atomic E-state index is 13.4. The van der Waals surface area contributed by atoms with Crippen LogP contribution in [0.2, 0.25) is 0 Å². The van der Waals surface area contributed by atoms with Crippen LogP contribution >= 0.6 is 0 Å². The molecule has 224 valence electrons. The number of halogens is 1. The molecule has 8 nitrogen and oxygen atoms in total. The summed E-state index contributed by atoms with van der Waals surface area (Å²) < 4.78 is 16.1. The van der Waals surface area contributed by atoms with Crippen LogP contribution in [0.15, 0.2) is 57.0 Å². The molecule has 1 saturated heterocycles. The minimum atomic E-state index is -0.366. The minimum Gasteiger partial charge on any atom is -0.340 e. The molecule has 1 aromatic heterocycles. The topological polar surface area (TPSA) is 83.7 Å². The van der Waals surface area contributed by atoms with Crippen LogP contribution in [0.25, 0.3) is 10.9 Å². The third kappa shape index (κ3) is 5.16. The third-order valence-electron chi connectivity index (χ3n) is 10.4. The van der Waals surface area contributed by atoms with Crippen molar-refractivity contribution in [3.63, 3.8) is 0 Å². The standard InChI is InChI=1S/C33H43FN6O2/c1-20-19-39(15-13-35-20)31(37-28-17-23-16-27(21(28)2)33(23,3)4)36-25-10-11-26-29(18-25)38(5)32(42)40(30(26)41)14-12-22-6-8-24(34)9-7-22/h6-11,18,20-21,23,27-28,35H,12-17,19H2,1-5H3,(H,36,37)/t20-,21-,23-,27+,28-/m0/s1. The van der Waals surface area contributed by atoms with Gasteiger partial charge in [-0.05, 0) is 85.3 Å². The van der Waals surface area contributed by atoms with Crippen LogP contribution < -0.4 is 21.9 Å². The van der Waals surface area contributed by atoms with Crippen LogP contribution in [0.1, 0.15) is 46.1 Å². The van der Waals surface area contributed by atoms with Gasteiger partial charge >= 0.3 is 5.69 Å². The van der Waals surface area contributed by atoms with Crippen LogP contribution in [0.5, 0.6) is 0 Å². The zero-order valence-electron chi connectivity index (χ0n) is 25.4. The van der Waals surface area contributed by atoms with Crippen molar-refractivity contribution in [3.05, 3.63) is 74.7 Å². The molecule has 2 heterocycles. The molecule has 4 aliphatic rings. The average Bonchev–Trinajstić information content (AvgIpc) is 2.97. The molecule has 0 amide bonds. The highest BCUT2D eigenvalue weighted by molar-refractivity contribution is 5.96. The van der Waals surface area contributed by atoms with E-state index in [4.69, 9.17) is 4.99 Å². The predicted molar refractivity (Wildman–Crippen MR) is 167 cm³/mol. The van der Waals surface area contributed by atoms with Crippen LogP contribution in [0.3, 0.4) is 0 Å². The van der Waals surface area contributed by atoms with Gasteiger partial charge in [-0.2, -0.15) is 0 Å². The second kappa shape index (κ2) is 11.0. The average molecular weight is 575 g/mol. The Labute approximate surface area is 246 Å². The third-order valence-corrected chi connectivity index (χ3v) is 10.4. The summed E-state index contributed by atoms with van der Waals surface area (Å²) in [5.74, 6) is 2.50. The molecule has 0 spiro atoms. The highest BCUT2D eigenvalue weighted by atomic mass is 19.1. The number of piperazine rings is 1. The fraction of sp³-hybridized carbons (Fsp3) is 0.545. The summed E-state index contributed by atoms with van der Waals surface area (Å²) in [6.45, 7) is 12.2. The number of benzene rings is 2. The van der Waals surface area contributed by atoms with Crippen LogP contribution in [0, 0.1) is 29.0 Å². The van der Waals surface area contributed by atoms with Crippen molar-refractivity contribution in [2.45, 2.75) is 65.6 Å². The molecule has 3 aromatic rings. The van der Waals surface area contributed by atoms with Crippen molar-refractivity contribution in [2.75, 3.05) is 25.0 Å². The van der Waals surface area contributed by atoms with Gasteiger partial charge in [-0.25, -0.2) is 14.2 Å². The molecule has 7 rings (SSSR count). The van der Waals surface area contributed by atoms with E-state index in [2.05, 4.69) is 43.2 Å². The number of nitrogens with one attached hydrogen (secondary N) is 2. The lowest BCUT2D eigenvalue weighted by Gasteiger charge is -2.61. The number of fused-ring (bicyclic) bond motifs is 3. The van der Waals surface area contributed by atoms with Crippen molar-refractivity contribution < 1.29 is 4.39 Å². The number of hydrogen-bond acceptors (Lipinski definition) is 4. The molecule has 3 aliphatic carbocycles. The molecule has 0 unspecified atom stereocenters. The maximum absolute atomic E-state index is 13.4. The Kier molecular flexibility index (Phi) is 7.50. The molecule has 2 aromatic carbocycles. The predicted octanol–water partition coefficient (Wildman–Crippen LogP) is 4.21. The fourth-order valence-electron chi connectivity index (χ4n) is 7.57. The molecule has 1 aliphatic heterocycles. The number of aryl methyl sites for hydroxylation is 2. The lowest BCUT2D eigenvalue weighted by molar-refractivity contribution is -0.108. The Hall–Kier alpha value is -3.46. The number of nitrogens with zero attached hydrogens (tertiary/aromatic N) is 4. The second-order valence-electron chi connectivity index (χ2n) is 13.3. The van der Waals surface area contributed by atoms with Gasteiger partial charge in [0, 0.05) is 45.0 Å². The van der Waals surface area contributed by atoms with Crippen LogP contribution in [-0.2, 0) is 20.0 Å². The number of hydrogen-bond donors (Lipinski definition) is 2. The normalized spacial score (nSPS) is 27.1. The zero-order valence-corrected chi connectivity index (χ0v) is 25.4. The van der Waals surface area contributed by atoms with E-state index in [0.29, 0.717) is 40.6 Å². The van der Waals surface area contributed by atoms with Gasteiger partial charge in [0.05, 0.1) is 16.9 Å². The SMILES string of the molecule is C[C@@H]1[C@@H](N=C(Nc2ccc3c(=O)n(CCc4ccc(F)cc4)c(=O)n(C)c3c2)N2CCN[C@@H](C)C2)C[C@@H]2C[C@H]1C2(C)C. The summed E-state index contributed by atoms with van der Waals surface area (Å²) in [5.41, 5.74) is 1.97. The molecule has 2 N–H and O–H groups in total. The Balaban J connectivity index is 1.29. The van der Waals surface area contributed by atoms with Crippen molar-refractivity contribution in [2.24, 2.45) is 35.2 Å². The number of aliphatic imine (C=N–C) groups is 1. The summed E-state index contributed by atoms with van der Waals surface area (Å²) >= 11 is 0. The lowest BCUT2D eigenvalue weighted by atomic mass is 9.45. The van der Waals surface area contributed by atoms with Gasteiger partial charge in [0.1, 0.15) is 5.82 Å². The van der Waals surface area contributed by atoms with E-state index in [9.17, 15) is 14.0 Å².